The molecule has 0 aromatic heterocycles. The molecule has 0 spiro atoms. The van der Waals surface area contributed by atoms with E-state index in [4.69, 9.17) is 14.2 Å². The third kappa shape index (κ3) is 5.31. The Hall–Kier alpha value is -2.38. The minimum Gasteiger partial charge on any atom is -0.493 e. The lowest BCUT2D eigenvalue weighted by Crippen LogP contribution is -2.39. The van der Waals surface area contributed by atoms with Crippen molar-refractivity contribution in [3.63, 3.8) is 0 Å². The van der Waals surface area contributed by atoms with Gasteiger partial charge in [-0.3, -0.25) is 4.79 Å². The highest BCUT2D eigenvalue weighted by atomic mass is 19.4. The fourth-order valence-electron chi connectivity index (χ4n) is 2.52. The number of rotatable bonds is 8. The maximum absolute atomic E-state index is 12.7. The minimum atomic E-state index is -4.97. The number of halogens is 3. The molecule has 1 amide bonds. The van der Waals surface area contributed by atoms with Crippen molar-refractivity contribution in [3.8, 4) is 17.2 Å². The topological polar surface area (TPSA) is 56.8 Å². The van der Waals surface area contributed by atoms with Crippen LogP contribution in [0.5, 0.6) is 17.2 Å². The largest absolute Gasteiger partial charge is 0.493 e. The van der Waals surface area contributed by atoms with E-state index in [9.17, 15) is 18.0 Å². The van der Waals surface area contributed by atoms with Gasteiger partial charge in [0.15, 0.2) is 11.5 Å². The van der Waals surface area contributed by atoms with Gasteiger partial charge in [0.25, 0.3) is 0 Å². The summed E-state index contributed by atoms with van der Waals surface area (Å²) in [6.45, 7) is 3.70. The summed E-state index contributed by atoms with van der Waals surface area (Å²) in [6, 6.07) is 2.17. The Bertz CT molecular complexity index is 631. The first kappa shape index (κ1) is 21.7. The predicted molar refractivity (Wildman–Crippen MR) is 91.7 cm³/mol. The van der Waals surface area contributed by atoms with Gasteiger partial charge in [-0.2, -0.15) is 13.2 Å². The summed E-state index contributed by atoms with van der Waals surface area (Å²) in [7, 11) is 4.25. The van der Waals surface area contributed by atoms with E-state index in [0.29, 0.717) is 29.2 Å². The lowest BCUT2D eigenvalue weighted by atomic mass is 9.96. The molecule has 0 saturated carbocycles. The van der Waals surface area contributed by atoms with Gasteiger partial charge < -0.3 is 19.5 Å². The third-order valence-electron chi connectivity index (χ3n) is 3.98. The summed E-state index contributed by atoms with van der Waals surface area (Å²) in [5.74, 6) is -1.08. The van der Waals surface area contributed by atoms with Gasteiger partial charge in [0.2, 0.25) is 5.75 Å². The van der Waals surface area contributed by atoms with Gasteiger partial charge in [-0.25, -0.2) is 0 Å². The van der Waals surface area contributed by atoms with Crippen molar-refractivity contribution in [2.45, 2.75) is 38.9 Å². The third-order valence-corrected chi connectivity index (χ3v) is 3.98. The van der Waals surface area contributed by atoms with Crippen LogP contribution in [-0.2, 0) is 4.79 Å². The molecule has 1 rings (SSSR count). The summed E-state index contributed by atoms with van der Waals surface area (Å²) in [5, 5.41) is 2.06. The van der Waals surface area contributed by atoms with Crippen LogP contribution < -0.4 is 19.5 Å². The first-order valence-electron chi connectivity index (χ1n) is 8.03. The maximum atomic E-state index is 12.7. The van der Waals surface area contributed by atoms with Gasteiger partial charge in [-0.15, -0.1) is 0 Å². The molecule has 0 heterocycles. The SMILES string of the molecule is C/C=C(\CC)CC(NC(=O)C(F)(F)F)c1cc(OC)c(OC)c(OC)c1. The molecular formula is C18H24F3NO4. The number of ether oxygens (including phenoxy) is 3. The molecule has 1 atom stereocenters. The van der Waals surface area contributed by atoms with Crippen molar-refractivity contribution in [1.82, 2.24) is 5.32 Å². The highest BCUT2D eigenvalue weighted by Gasteiger charge is 2.40. The van der Waals surface area contributed by atoms with Crippen LogP contribution in [0.15, 0.2) is 23.8 Å². The lowest BCUT2D eigenvalue weighted by molar-refractivity contribution is -0.174. The zero-order chi connectivity index (χ0) is 19.9. The van der Waals surface area contributed by atoms with Crippen LogP contribution >= 0.6 is 0 Å². The minimum absolute atomic E-state index is 0.230. The second kappa shape index (κ2) is 9.35. The standard InChI is InChI=1S/C18H24F3NO4/c1-6-11(7-2)8-13(22-17(23)18(19,20)21)12-9-14(24-3)16(26-5)15(10-12)25-4/h6,9-10,13H,7-8H2,1-5H3,(H,22,23)/b11-6+. The molecule has 1 aromatic carbocycles. The highest BCUT2D eigenvalue weighted by Crippen LogP contribution is 2.40. The summed E-state index contributed by atoms with van der Waals surface area (Å²) in [4.78, 5) is 11.5. The van der Waals surface area contributed by atoms with Crippen LogP contribution in [0.4, 0.5) is 13.2 Å². The van der Waals surface area contributed by atoms with Crippen molar-refractivity contribution >= 4 is 5.91 Å². The molecule has 8 heteroatoms. The van der Waals surface area contributed by atoms with E-state index >= 15 is 0 Å². The van der Waals surface area contributed by atoms with E-state index < -0.39 is 18.1 Å². The Morgan fingerprint density at radius 2 is 1.69 bits per heavy atom. The molecule has 0 fully saturated rings. The van der Waals surface area contributed by atoms with Gasteiger partial charge in [0.05, 0.1) is 27.4 Å². The number of allylic oxidation sites excluding steroid dienone is 1. The van der Waals surface area contributed by atoms with Crippen molar-refractivity contribution in [1.29, 1.82) is 0 Å². The molecule has 0 bridgehead atoms. The Kier molecular flexibility index (Phi) is 7.79. The molecule has 5 nitrogen and oxygen atoms in total. The maximum Gasteiger partial charge on any atom is 0.471 e. The average Bonchev–Trinajstić information content (AvgIpc) is 2.62. The normalized spacial score (nSPS) is 13.2. The van der Waals surface area contributed by atoms with Crippen LogP contribution in [0.3, 0.4) is 0 Å². The molecule has 26 heavy (non-hydrogen) atoms. The zero-order valence-electron chi connectivity index (χ0n) is 15.5. The van der Waals surface area contributed by atoms with Crippen LogP contribution in [0.25, 0.3) is 0 Å². The van der Waals surface area contributed by atoms with E-state index in [0.717, 1.165) is 5.57 Å². The number of hydrogen-bond acceptors (Lipinski definition) is 4. The first-order valence-corrected chi connectivity index (χ1v) is 8.03. The van der Waals surface area contributed by atoms with E-state index in [2.05, 4.69) is 5.32 Å². The number of benzene rings is 1. The average molecular weight is 375 g/mol. The number of methoxy groups -OCH3 is 3. The van der Waals surface area contributed by atoms with Gasteiger partial charge in [0, 0.05) is 0 Å². The van der Waals surface area contributed by atoms with Crippen molar-refractivity contribution < 1.29 is 32.2 Å². The highest BCUT2D eigenvalue weighted by molar-refractivity contribution is 5.82. The van der Waals surface area contributed by atoms with E-state index in [1.54, 1.807) is 6.92 Å². The van der Waals surface area contributed by atoms with Gasteiger partial charge in [-0.1, -0.05) is 18.6 Å². The molecule has 0 aliphatic heterocycles. The van der Waals surface area contributed by atoms with Crippen LogP contribution in [0.1, 0.15) is 38.3 Å². The van der Waals surface area contributed by atoms with Crippen molar-refractivity contribution in [2.24, 2.45) is 0 Å². The molecule has 0 aliphatic rings. The smallest absolute Gasteiger partial charge is 0.471 e. The quantitative estimate of drug-likeness (QED) is 0.693. The summed E-state index contributed by atoms with van der Waals surface area (Å²) < 4.78 is 53.9. The molecule has 1 unspecified atom stereocenters. The number of amides is 1. The number of alkyl halides is 3. The molecule has 1 aromatic rings. The molecular weight excluding hydrogens is 351 g/mol. The monoisotopic (exact) mass is 375 g/mol. The van der Waals surface area contributed by atoms with Crippen LogP contribution in [0, 0.1) is 0 Å². The molecule has 1 N–H and O–H groups in total. The van der Waals surface area contributed by atoms with Gasteiger partial charge >= 0.3 is 12.1 Å². The number of carbonyl (C=O) groups is 1. The molecule has 0 saturated heterocycles. The predicted octanol–water partition coefficient (Wildman–Crippen LogP) is 4.18. The Morgan fingerprint density at radius 1 is 1.15 bits per heavy atom. The van der Waals surface area contributed by atoms with E-state index in [1.165, 1.54) is 33.5 Å². The van der Waals surface area contributed by atoms with Crippen LogP contribution in [-0.4, -0.2) is 33.4 Å². The number of carbonyl (C=O) groups excluding carboxylic acids is 1. The molecule has 146 valence electrons. The summed E-state index contributed by atoms with van der Waals surface area (Å²) in [6.07, 6.45) is -2.27. The van der Waals surface area contributed by atoms with Gasteiger partial charge in [-0.05, 0) is 37.5 Å². The van der Waals surface area contributed by atoms with E-state index in [1.807, 2.05) is 13.0 Å². The van der Waals surface area contributed by atoms with Crippen molar-refractivity contribution in [3.05, 3.63) is 29.3 Å². The Labute approximate surface area is 151 Å². The Balaban J connectivity index is 3.38. The second-order valence-corrected chi connectivity index (χ2v) is 5.49. The zero-order valence-corrected chi connectivity index (χ0v) is 15.5. The molecule has 0 radical (unpaired) electrons. The fourth-order valence-corrected chi connectivity index (χ4v) is 2.52. The van der Waals surface area contributed by atoms with E-state index in [-0.39, 0.29) is 6.42 Å². The molecule has 0 aliphatic carbocycles. The summed E-state index contributed by atoms with van der Waals surface area (Å²) in [5.41, 5.74) is 1.33. The lowest BCUT2D eigenvalue weighted by Gasteiger charge is -2.23. The first-order chi connectivity index (χ1) is 12.2. The summed E-state index contributed by atoms with van der Waals surface area (Å²) >= 11 is 0. The fraction of sp³-hybridized carbons (Fsp3) is 0.500. The number of hydrogen-bond donors (Lipinski definition) is 1. The Morgan fingerprint density at radius 3 is 2.04 bits per heavy atom. The number of nitrogens with one attached hydrogen (secondary N) is 1. The van der Waals surface area contributed by atoms with Crippen LogP contribution in [0.2, 0.25) is 0 Å². The second-order valence-electron chi connectivity index (χ2n) is 5.49. The van der Waals surface area contributed by atoms with Gasteiger partial charge in [0.1, 0.15) is 0 Å². The van der Waals surface area contributed by atoms with Crippen molar-refractivity contribution in [2.75, 3.05) is 21.3 Å².